The zero-order valence-electron chi connectivity index (χ0n) is 13.4. The molecule has 6 heteroatoms. The highest BCUT2D eigenvalue weighted by Gasteiger charge is 2.20. The van der Waals surface area contributed by atoms with E-state index in [0.717, 1.165) is 37.7 Å². The van der Waals surface area contributed by atoms with E-state index in [1.165, 1.54) is 0 Å². The molecular formula is C18H22ClF2N3. The van der Waals surface area contributed by atoms with Gasteiger partial charge in [0, 0.05) is 37.6 Å². The molecule has 1 saturated heterocycles. The lowest BCUT2D eigenvalue weighted by Crippen LogP contribution is -2.30. The Morgan fingerprint density at radius 3 is 2.75 bits per heavy atom. The van der Waals surface area contributed by atoms with E-state index in [1.807, 2.05) is 18.3 Å². The smallest absolute Gasteiger partial charge is 0.163 e. The van der Waals surface area contributed by atoms with Gasteiger partial charge in [-0.15, -0.1) is 12.4 Å². The average molecular weight is 354 g/mol. The molecule has 1 fully saturated rings. The maximum Gasteiger partial charge on any atom is 0.163 e. The number of benzene rings is 1. The zero-order valence-corrected chi connectivity index (χ0v) is 14.2. The Hall–Kier alpha value is -1.56. The third kappa shape index (κ3) is 4.97. The van der Waals surface area contributed by atoms with E-state index in [1.54, 1.807) is 18.3 Å². The van der Waals surface area contributed by atoms with Crippen LogP contribution in [0.1, 0.15) is 17.5 Å². The molecule has 0 amide bonds. The molecule has 0 spiro atoms. The second-order valence-electron chi connectivity index (χ2n) is 6.10. The Bertz CT molecular complexity index is 633. The summed E-state index contributed by atoms with van der Waals surface area (Å²) in [5.41, 5.74) is 1.48. The predicted octanol–water partition coefficient (Wildman–Crippen LogP) is 3.39. The Balaban J connectivity index is 0.00000208. The van der Waals surface area contributed by atoms with Crippen LogP contribution in [-0.2, 0) is 13.1 Å². The number of halogens is 3. The van der Waals surface area contributed by atoms with E-state index in [4.69, 9.17) is 0 Å². The van der Waals surface area contributed by atoms with E-state index in [-0.39, 0.29) is 12.4 Å². The SMILES string of the molecule is Cl.Fc1cccc(CN(Cc2cccnc2)CC2CCNC2)c1F. The molecule has 1 N–H and O–H groups in total. The number of hydrogen-bond acceptors (Lipinski definition) is 3. The van der Waals surface area contributed by atoms with E-state index >= 15 is 0 Å². The molecule has 2 aromatic rings. The predicted molar refractivity (Wildman–Crippen MR) is 92.9 cm³/mol. The molecule has 130 valence electrons. The van der Waals surface area contributed by atoms with Crippen molar-refractivity contribution in [3.63, 3.8) is 0 Å². The molecule has 0 radical (unpaired) electrons. The summed E-state index contributed by atoms with van der Waals surface area (Å²) < 4.78 is 27.4. The van der Waals surface area contributed by atoms with Crippen LogP contribution in [0, 0.1) is 17.6 Å². The van der Waals surface area contributed by atoms with Crippen LogP contribution in [0.2, 0.25) is 0 Å². The van der Waals surface area contributed by atoms with Crippen molar-refractivity contribution in [2.24, 2.45) is 5.92 Å². The second-order valence-corrected chi connectivity index (χ2v) is 6.10. The van der Waals surface area contributed by atoms with Crippen molar-refractivity contribution in [3.8, 4) is 0 Å². The normalized spacial score (nSPS) is 17.0. The lowest BCUT2D eigenvalue weighted by atomic mass is 10.1. The van der Waals surface area contributed by atoms with Crippen molar-refractivity contribution < 1.29 is 8.78 Å². The monoisotopic (exact) mass is 353 g/mol. The van der Waals surface area contributed by atoms with Gasteiger partial charge in [-0.05, 0) is 43.1 Å². The summed E-state index contributed by atoms with van der Waals surface area (Å²) in [6, 6.07) is 8.28. The van der Waals surface area contributed by atoms with Crippen molar-refractivity contribution in [1.29, 1.82) is 0 Å². The lowest BCUT2D eigenvalue weighted by Gasteiger charge is -2.25. The van der Waals surface area contributed by atoms with Gasteiger partial charge in [0.15, 0.2) is 11.6 Å². The fourth-order valence-electron chi connectivity index (χ4n) is 3.08. The van der Waals surface area contributed by atoms with Crippen LogP contribution >= 0.6 is 12.4 Å². The van der Waals surface area contributed by atoms with Gasteiger partial charge in [-0.3, -0.25) is 9.88 Å². The van der Waals surface area contributed by atoms with Crippen molar-refractivity contribution in [2.45, 2.75) is 19.5 Å². The summed E-state index contributed by atoms with van der Waals surface area (Å²) in [5.74, 6) is -0.983. The Morgan fingerprint density at radius 1 is 1.17 bits per heavy atom. The van der Waals surface area contributed by atoms with Crippen LogP contribution in [0.5, 0.6) is 0 Å². The lowest BCUT2D eigenvalue weighted by molar-refractivity contribution is 0.217. The molecule has 24 heavy (non-hydrogen) atoms. The Morgan fingerprint density at radius 2 is 2.04 bits per heavy atom. The van der Waals surface area contributed by atoms with Gasteiger partial charge < -0.3 is 5.32 Å². The van der Waals surface area contributed by atoms with Gasteiger partial charge in [0.1, 0.15) is 0 Å². The highest BCUT2D eigenvalue weighted by atomic mass is 35.5. The molecule has 3 rings (SSSR count). The summed E-state index contributed by atoms with van der Waals surface area (Å²) in [4.78, 5) is 6.31. The fourth-order valence-corrected chi connectivity index (χ4v) is 3.08. The van der Waals surface area contributed by atoms with Crippen LogP contribution in [-0.4, -0.2) is 29.5 Å². The number of pyridine rings is 1. The number of nitrogens with zero attached hydrogens (tertiary/aromatic N) is 2. The van der Waals surface area contributed by atoms with E-state index in [2.05, 4.69) is 15.2 Å². The van der Waals surface area contributed by atoms with Gasteiger partial charge >= 0.3 is 0 Å². The molecular weight excluding hydrogens is 332 g/mol. The minimum atomic E-state index is -0.786. The molecule has 2 heterocycles. The van der Waals surface area contributed by atoms with Gasteiger partial charge in [0.25, 0.3) is 0 Å². The quantitative estimate of drug-likeness (QED) is 0.862. The first-order valence-electron chi connectivity index (χ1n) is 7.97. The van der Waals surface area contributed by atoms with Crippen molar-refractivity contribution >= 4 is 12.4 Å². The number of nitrogens with one attached hydrogen (secondary N) is 1. The van der Waals surface area contributed by atoms with Crippen LogP contribution in [0.25, 0.3) is 0 Å². The van der Waals surface area contributed by atoms with Crippen molar-refractivity contribution in [1.82, 2.24) is 15.2 Å². The van der Waals surface area contributed by atoms with E-state index < -0.39 is 11.6 Å². The fraction of sp³-hybridized carbons (Fsp3) is 0.389. The molecule has 1 aliphatic rings. The molecule has 1 aromatic heterocycles. The van der Waals surface area contributed by atoms with Gasteiger partial charge in [-0.2, -0.15) is 0 Å². The Labute approximate surface area is 147 Å². The zero-order chi connectivity index (χ0) is 16.1. The summed E-state index contributed by atoms with van der Waals surface area (Å²) in [7, 11) is 0. The highest BCUT2D eigenvalue weighted by Crippen LogP contribution is 2.18. The standard InChI is InChI=1S/C18H21F2N3.ClH/c19-17-5-1-4-16(18(17)20)13-23(12-15-6-8-22-10-15)11-14-3-2-7-21-9-14;/h1-5,7,9,15,22H,6,8,10-13H2;1H. The summed E-state index contributed by atoms with van der Waals surface area (Å²) in [6.45, 7) is 3.95. The minimum Gasteiger partial charge on any atom is -0.316 e. The van der Waals surface area contributed by atoms with Crippen molar-refractivity contribution in [3.05, 3.63) is 65.5 Å². The van der Waals surface area contributed by atoms with Gasteiger partial charge in [0.2, 0.25) is 0 Å². The molecule has 0 saturated carbocycles. The number of rotatable bonds is 6. The van der Waals surface area contributed by atoms with Crippen LogP contribution in [0.4, 0.5) is 8.78 Å². The third-order valence-corrected chi connectivity index (χ3v) is 4.23. The first-order valence-corrected chi connectivity index (χ1v) is 7.97. The van der Waals surface area contributed by atoms with E-state index in [9.17, 15) is 8.78 Å². The van der Waals surface area contributed by atoms with Crippen molar-refractivity contribution in [2.75, 3.05) is 19.6 Å². The number of aromatic nitrogens is 1. The van der Waals surface area contributed by atoms with Gasteiger partial charge in [-0.1, -0.05) is 18.2 Å². The molecule has 1 atom stereocenters. The average Bonchev–Trinajstić information content (AvgIpc) is 3.06. The maximum absolute atomic E-state index is 14.0. The third-order valence-electron chi connectivity index (χ3n) is 4.23. The molecule has 1 aliphatic heterocycles. The first kappa shape index (κ1) is 18.8. The molecule has 0 aliphatic carbocycles. The maximum atomic E-state index is 14.0. The van der Waals surface area contributed by atoms with E-state index in [0.29, 0.717) is 24.6 Å². The Kier molecular flexibility index (Phi) is 7.09. The van der Waals surface area contributed by atoms with Gasteiger partial charge in [-0.25, -0.2) is 8.78 Å². The van der Waals surface area contributed by atoms with Crippen LogP contribution in [0.3, 0.4) is 0 Å². The number of hydrogen-bond donors (Lipinski definition) is 1. The summed E-state index contributed by atoms with van der Waals surface area (Å²) in [5, 5.41) is 3.35. The van der Waals surface area contributed by atoms with Crippen LogP contribution < -0.4 is 5.32 Å². The minimum absolute atomic E-state index is 0. The highest BCUT2D eigenvalue weighted by molar-refractivity contribution is 5.85. The second kappa shape index (κ2) is 9.06. The largest absolute Gasteiger partial charge is 0.316 e. The summed E-state index contributed by atoms with van der Waals surface area (Å²) >= 11 is 0. The topological polar surface area (TPSA) is 28.2 Å². The summed E-state index contributed by atoms with van der Waals surface area (Å²) in [6.07, 6.45) is 4.68. The molecule has 1 aromatic carbocycles. The molecule has 0 bridgehead atoms. The molecule has 1 unspecified atom stereocenters. The van der Waals surface area contributed by atoms with Gasteiger partial charge in [0.05, 0.1) is 0 Å². The first-order chi connectivity index (χ1) is 11.2. The van der Waals surface area contributed by atoms with Crippen LogP contribution in [0.15, 0.2) is 42.7 Å². The molecule has 3 nitrogen and oxygen atoms in total.